The van der Waals surface area contributed by atoms with E-state index < -0.39 is 5.97 Å². The zero-order chi connectivity index (χ0) is 14.7. The van der Waals surface area contributed by atoms with Gasteiger partial charge in [-0.3, -0.25) is 0 Å². The summed E-state index contributed by atoms with van der Waals surface area (Å²) in [6.45, 7) is 0.501. The Morgan fingerprint density at radius 1 is 1.30 bits per heavy atom. The lowest BCUT2D eigenvalue weighted by atomic mass is 10.1. The van der Waals surface area contributed by atoms with Gasteiger partial charge < -0.3 is 10.0 Å². The Morgan fingerprint density at radius 3 is 2.65 bits per heavy atom. The number of anilines is 1. The maximum Gasteiger partial charge on any atom is 0.337 e. The maximum absolute atomic E-state index is 13.1. The molecule has 0 bridgehead atoms. The smallest absolute Gasteiger partial charge is 0.337 e. The second-order valence-corrected chi connectivity index (χ2v) is 4.86. The van der Waals surface area contributed by atoms with Gasteiger partial charge in [-0.25, -0.2) is 9.18 Å². The molecule has 0 saturated heterocycles. The van der Waals surface area contributed by atoms with E-state index in [0.717, 1.165) is 11.3 Å². The molecule has 20 heavy (non-hydrogen) atoms. The number of nitrogens with zero attached hydrogens (tertiary/aromatic N) is 1. The minimum atomic E-state index is -1.06. The average molecular weight is 294 g/mol. The van der Waals surface area contributed by atoms with Crippen molar-refractivity contribution in [2.75, 3.05) is 11.9 Å². The van der Waals surface area contributed by atoms with Gasteiger partial charge in [0.05, 0.1) is 10.6 Å². The molecule has 0 atom stereocenters. The van der Waals surface area contributed by atoms with Gasteiger partial charge in [0.1, 0.15) is 5.82 Å². The van der Waals surface area contributed by atoms with Crippen LogP contribution in [0.5, 0.6) is 0 Å². The van der Waals surface area contributed by atoms with Crippen molar-refractivity contribution >= 4 is 23.3 Å². The predicted octanol–water partition coefficient (Wildman–Crippen LogP) is 3.81. The molecule has 0 aliphatic carbocycles. The molecule has 3 nitrogen and oxygen atoms in total. The first-order chi connectivity index (χ1) is 9.47. The van der Waals surface area contributed by atoms with Gasteiger partial charge in [0, 0.05) is 19.3 Å². The number of hydrogen-bond acceptors (Lipinski definition) is 2. The summed E-state index contributed by atoms with van der Waals surface area (Å²) >= 11 is 5.93. The topological polar surface area (TPSA) is 40.5 Å². The Hall–Kier alpha value is -2.07. The van der Waals surface area contributed by atoms with Crippen LogP contribution in [0.25, 0.3) is 0 Å². The van der Waals surface area contributed by atoms with Crippen LogP contribution in [-0.2, 0) is 6.54 Å². The molecule has 0 aliphatic rings. The second kappa shape index (κ2) is 5.92. The van der Waals surface area contributed by atoms with Crippen molar-refractivity contribution in [2.45, 2.75) is 6.54 Å². The number of carboxylic acids is 1. The Morgan fingerprint density at radius 2 is 2.05 bits per heavy atom. The molecule has 5 heteroatoms. The zero-order valence-corrected chi connectivity index (χ0v) is 11.6. The highest BCUT2D eigenvalue weighted by Gasteiger charge is 2.11. The minimum Gasteiger partial charge on any atom is -0.478 e. The largest absolute Gasteiger partial charge is 0.478 e. The Kier molecular flexibility index (Phi) is 4.25. The van der Waals surface area contributed by atoms with Crippen molar-refractivity contribution in [1.82, 2.24) is 0 Å². The number of hydrogen-bond donors (Lipinski definition) is 1. The van der Waals surface area contributed by atoms with E-state index in [4.69, 9.17) is 16.7 Å². The molecule has 0 heterocycles. The number of carbonyl (C=O) groups is 1. The fourth-order valence-electron chi connectivity index (χ4n) is 1.92. The van der Waals surface area contributed by atoms with Crippen LogP contribution < -0.4 is 4.90 Å². The van der Waals surface area contributed by atoms with Gasteiger partial charge in [-0.05, 0) is 35.9 Å². The van der Waals surface area contributed by atoms with Gasteiger partial charge in [0.25, 0.3) is 0 Å². The first-order valence-corrected chi connectivity index (χ1v) is 6.33. The van der Waals surface area contributed by atoms with E-state index in [1.165, 1.54) is 18.2 Å². The lowest BCUT2D eigenvalue weighted by molar-refractivity contribution is 0.0697. The van der Waals surface area contributed by atoms with Crippen LogP contribution in [0.2, 0.25) is 5.02 Å². The normalized spacial score (nSPS) is 10.3. The molecule has 2 aromatic rings. The molecule has 1 N–H and O–H groups in total. The first-order valence-electron chi connectivity index (χ1n) is 5.96. The highest BCUT2D eigenvalue weighted by molar-refractivity contribution is 6.33. The molecule has 104 valence electrons. The van der Waals surface area contributed by atoms with Crippen molar-refractivity contribution in [3.63, 3.8) is 0 Å². The summed E-state index contributed by atoms with van der Waals surface area (Å²) in [4.78, 5) is 12.8. The second-order valence-electron chi connectivity index (χ2n) is 4.46. The monoisotopic (exact) mass is 293 g/mol. The molecule has 0 fully saturated rings. The van der Waals surface area contributed by atoms with Crippen LogP contribution in [0.15, 0.2) is 42.5 Å². The molecule has 0 spiro atoms. The van der Waals surface area contributed by atoms with Gasteiger partial charge >= 0.3 is 5.97 Å². The number of rotatable bonds is 4. The highest BCUT2D eigenvalue weighted by atomic mass is 35.5. The molecule has 2 rings (SSSR count). The SMILES string of the molecule is CN(Cc1cccc(F)c1)c1ccc(C(=O)O)c(Cl)c1. The van der Waals surface area contributed by atoms with Crippen LogP contribution in [-0.4, -0.2) is 18.1 Å². The molecule has 0 saturated carbocycles. The van der Waals surface area contributed by atoms with Crippen LogP contribution >= 0.6 is 11.6 Å². The number of aromatic carboxylic acids is 1. The Bertz CT molecular complexity index is 646. The van der Waals surface area contributed by atoms with Crippen molar-refractivity contribution < 1.29 is 14.3 Å². The zero-order valence-electron chi connectivity index (χ0n) is 10.8. The van der Waals surface area contributed by atoms with E-state index in [0.29, 0.717) is 6.54 Å². The third kappa shape index (κ3) is 3.27. The summed E-state index contributed by atoms with van der Waals surface area (Å²) in [6.07, 6.45) is 0. The Balaban J connectivity index is 2.19. The number of halogens is 2. The van der Waals surface area contributed by atoms with Crippen LogP contribution in [0.3, 0.4) is 0 Å². The van der Waals surface area contributed by atoms with Gasteiger partial charge in [0.15, 0.2) is 0 Å². The van der Waals surface area contributed by atoms with E-state index in [-0.39, 0.29) is 16.4 Å². The molecule has 0 amide bonds. The van der Waals surface area contributed by atoms with Crippen molar-refractivity contribution in [2.24, 2.45) is 0 Å². The van der Waals surface area contributed by atoms with E-state index >= 15 is 0 Å². The van der Waals surface area contributed by atoms with Crippen LogP contribution in [0.1, 0.15) is 15.9 Å². The highest BCUT2D eigenvalue weighted by Crippen LogP contribution is 2.24. The van der Waals surface area contributed by atoms with Gasteiger partial charge in [-0.1, -0.05) is 23.7 Å². The van der Waals surface area contributed by atoms with Gasteiger partial charge in [-0.15, -0.1) is 0 Å². The predicted molar refractivity (Wildman–Crippen MR) is 76.9 cm³/mol. The standard InChI is InChI=1S/C15H13ClFNO2/c1-18(9-10-3-2-4-11(17)7-10)12-5-6-13(15(19)20)14(16)8-12/h2-8H,9H2,1H3,(H,19,20). The van der Waals surface area contributed by atoms with Crippen LogP contribution in [0, 0.1) is 5.82 Å². The summed E-state index contributed by atoms with van der Waals surface area (Å²) in [5, 5.41) is 9.10. The molecule has 0 radical (unpaired) electrons. The van der Waals surface area contributed by atoms with E-state index in [2.05, 4.69) is 0 Å². The first kappa shape index (κ1) is 14.3. The van der Waals surface area contributed by atoms with Crippen molar-refractivity contribution in [3.8, 4) is 0 Å². The fraction of sp³-hybridized carbons (Fsp3) is 0.133. The van der Waals surface area contributed by atoms with Crippen molar-refractivity contribution in [3.05, 3.63) is 64.4 Å². The van der Waals surface area contributed by atoms with Gasteiger partial charge in [0.2, 0.25) is 0 Å². The molecule has 0 unspecified atom stereocenters. The van der Waals surface area contributed by atoms with Gasteiger partial charge in [-0.2, -0.15) is 0 Å². The Labute approximate surface area is 121 Å². The minimum absolute atomic E-state index is 0.0644. The third-order valence-electron chi connectivity index (χ3n) is 2.93. The molecule has 0 aromatic heterocycles. The number of benzene rings is 2. The average Bonchev–Trinajstić information content (AvgIpc) is 2.38. The summed E-state index contributed by atoms with van der Waals surface area (Å²) in [6, 6.07) is 11.1. The number of carboxylic acid groups (broad SMARTS) is 1. The third-order valence-corrected chi connectivity index (χ3v) is 3.25. The maximum atomic E-state index is 13.1. The van der Waals surface area contributed by atoms with E-state index in [1.807, 2.05) is 18.0 Å². The van der Waals surface area contributed by atoms with E-state index in [9.17, 15) is 9.18 Å². The molecule has 0 aliphatic heterocycles. The summed E-state index contributed by atoms with van der Waals surface area (Å²) in [5.41, 5.74) is 1.66. The molecule has 2 aromatic carbocycles. The quantitative estimate of drug-likeness (QED) is 0.932. The lowest BCUT2D eigenvalue weighted by Gasteiger charge is -2.20. The summed E-state index contributed by atoms with van der Waals surface area (Å²) < 4.78 is 13.1. The van der Waals surface area contributed by atoms with Crippen LogP contribution in [0.4, 0.5) is 10.1 Å². The molecular formula is C15H13ClFNO2. The van der Waals surface area contributed by atoms with E-state index in [1.54, 1.807) is 18.2 Å². The summed E-state index contributed by atoms with van der Waals surface area (Å²) in [5.74, 6) is -1.34. The van der Waals surface area contributed by atoms with Crippen molar-refractivity contribution in [1.29, 1.82) is 0 Å². The summed E-state index contributed by atoms with van der Waals surface area (Å²) in [7, 11) is 1.83. The fourth-order valence-corrected chi connectivity index (χ4v) is 2.17. The molecular weight excluding hydrogens is 281 g/mol. The lowest BCUT2D eigenvalue weighted by Crippen LogP contribution is -2.16.